The van der Waals surface area contributed by atoms with Gasteiger partial charge in [-0.15, -0.1) is 0 Å². The van der Waals surface area contributed by atoms with Crippen LogP contribution in [0.15, 0.2) is 0 Å². The maximum atomic E-state index is 6.05. The van der Waals surface area contributed by atoms with E-state index < -0.39 is 5.60 Å². The van der Waals surface area contributed by atoms with E-state index in [4.69, 9.17) is 15.5 Å². The third-order valence-corrected chi connectivity index (χ3v) is 4.52. The van der Waals surface area contributed by atoms with Gasteiger partial charge in [-0.25, -0.2) is 9.97 Å². The fourth-order valence-electron chi connectivity index (χ4n) is 2.18. The van der Waals surface area contributed by atoms with Gasteiger partial charge in [0, 0.05) is 6.61 Å². The van der Waals surface area contributed by atoms with E-state index in [-0.39, 0.29) is 0 Å². The number of nitrogens with two attached hydrogens (primary N) is 1. The van der Waals surface area contributed by atoms with Gasteiger partial charge in [-0.3, -0.25) is 0 Å². The fourth-order valence-corrected chi connectivity index (χ4v) is 3.04. The summed E-state index contributed by atoms with van der Waals surface area (Å²) >= 11 is 2.22. The molecule has 0 fully saturated rings. The molecule has 0 amide bonds. The Bertz CT molecular complexity index is 431. The first kappa shape index (κ1) is 16.6. The second-order valence-electron chi connectivity index (χ2n) is 4.92. The van der Waals surface area contributed by atoms with Crippen molar-refractivity contribution >= 4 is 28.4 Å². The van der Waals surface area contributed by atoms with Crippen molar-refractivity contribution in [2.75, 3.05) is 12.3 Å². The molecule has 4 nitrogen and oxygen atoms in total. The maximum absolute atomic E-state index is 6.05. The summed E-state index contributed by atoms with van der Waals surface area (Å²) in [5, 5.41) is 0. The van der Waals surface area contributed by atoms with Crippen LogP contribution in [-0.4, -0.2) is 16.6 Å². The van der Waals surface area contributed by atoms with Gasteiger partial charge >= 0.3 is 0 Å². The molecule has 0 aliphatic carbocycles. The summed E-state index contributed by atoms with van der Waals surface area (Å²) in [7, 11) is 0. The molecule has 1 heterocycles. The molecular weight excluding hydrogens is 353 g/mol. The van der Waals surface area contributed by atoms with E-state index in [0.717, 1.165) is 27.9 Å². The standard InChI is InChI=1S/C14H24IN3O/c1-6-14(7-2,19-8-3)13-17-11(9(4)5)10(15)12(16)18-13/h9H,6-8H2,1-5H3,(H2,16,17,18). The Morgan fingerprint density at radius 2 is 1.79 bits per heavy atom. The Kier molecular flexibility index (Phi) is 5.98. The normalized spacial score (nSPS) is 12.2. The summed E-state index contributed by atoms with van der Waals surface area (Å²) in [6.07, 6.45) is 1.68. The Labute approximate surface area is 129 Å². The number of hydrogen-bond acceptors (Lipinski definition) is 4. The predicted molar refractivity (Wildman–Crippen MR) is 87.1 cm³/mol. The van der Waals surface area contributed by atoms with Crippen molar-refractivity contribution in [2.24, 2.45) is 0 Å². The lowest BCUT2D eigenvalue weighted by atomic mass is 9.95. The lowest BCUT2D eigenvalue weighted by Gasteiger charge is -2.30. The molecular formula is C14H24IN3O. The molecule has 0 aliphatic heterocycles. The van der Waals surface area contributed by atoms with Crippen LogP contribution in [-0.2, 0) is 10.3 Å². The first-order chi connectivity index (χ1) is 8.91. The summed E-state index contributed by atoms with van der Waals surface area (Å²) in [6, 6.07) is 0. The van der Waals surface area contributed by atoms with Crippen LogP contribution in [0.5, 0.6) is 0 Å². The third-order valence-electron chi connectivity index (χ3n) is 3.42. The van der Waals surface area contributed by atoms with Crippen molar-refractivity contribution in [1.29, 1.82) is 0 Å². The van der Waals surface area contributed by atoms with Gasteiger partial charge in [-0.2, -0.15) is 0 Å². The molecule has 0 aliphatic rings. The number of hydrogen-bond donors (Lipinski definition) is 1. The number of nitrogen functional groups attached to an aromatic ring is 1. The average molecular weight is 377 g/mol. The molecule has 0 radical (unpaired) electrons. The molecule has 5 heteroatoms. The molecule has 1 aromatic rings. The summed E-state index contributed by atoms with van der Waals surface area (Å²) in [5.41, 5.74) is 6.64. The molecule has 0 atom stereocenters. The number of anilines is 1. The Hall–Kier alpha value is -0.430. The highest BCUT2D eigenvalue weighted by molar-refractivity contribution is 14.1. The van der Waals surface area contributed by atoms with Gasteiger partial charge in [0.25, 0.3) is 0 Å². The van der Waals surface area contributed by atoms with Crippen molar-refractivity contribution in [2.45, 2.75) is 59.0 Å². The summed E-state index contributed by atoms with van der Waals surface area (Å²) in [5.74, 6) is 1.60. The highest BCUT2D eigenvalue weighted by atomic mass is 127. The number of rotatable bonds is 6. The molecule has 2 N–H and O–H groups in total. The molecule has 1 rings (SSSR count). The lowest BCUT2D eigenvalue weighted by Crippen LogP contribution is -2.32. The molecule has 0 spiro atoms. The lowest BCUT2D eigenvalue weighted by molar-refractivity contribution is -0.0572. The minimum atomic E-state index is -0.420. The van der Waals surface area contributed by atoms with Crippen LogP contribution in [0.3, 0.4) is 0 Å². The van der Waals surface area contributed by atoms with Crippen LogP contribution >= 0.6 is 22.6 Å². The van der Waals surface area contributed by atoms with Crippen LogP contribution in [0.1, 0.15) is 64.9 Å². The molecule has 0 saturated carbocycles. The molecule has 1 aromatic heterocycles. The zero-order chi connectivity index (χ0) is 14.6. The summed E-state index contributed by atoms with van der Waals surface area (Å²) in [6.45, 7) is 11.1. The minimum absolute atomic E-state index is 0.323. The molecule has 0 saturated heterocycles. The molecule has 108 valence electrons. The Balaban J connectivity index is 3.40. The van der Waals surface area contributed by atoms with E-state index >= 15 is 0 Å². The second-order valence-corrected chi connectivity index (χ2v) is 6.00. The number of ether oxygens (including phenoxy) is 1. The van der Waals surface area contributed by atoms with Crippen LogP contribution < -0.4 is 5.73 Å². The smallest absolute Gasteiger partial charge is 0.162 e. The van der Waals surface area contributed by atoms with Crippen LogP contribution in [0.25, 0.3) is 0 Å². The highest BCUT2D eigenvalue weighted by Crippen LogP contribution is 2.33. The first-order valence-corrected chi connectivity index (χ1v) is 7.97. The summed E-state index contributed by atoms with van der Waals surface area (Å²) < 4.78 is 6.91. The van der Waals surface area contributed by atoms with Crippen LogP contribution in [0.2, 0.25) is 0 Å². The zero-order valence-electron chi connectivity index (χ0n) is 12.5. The van der Waals surface area contributed by atoms with Crippen molar-refractivity contribution < 1.29 is 4.74 Å². The van der Waals surface area contributed by atoms with Gasteiger partial charge < -0.3 is 10.5 Å². The van der Waals surface area contributed by atoms with Gasteiger partial charge in [0.05, 0.1) is 9.26 Å². The Morgan fingerprint density at radius 1 is 1.21 bits per heavy atom. The molecule has 0 bridgehead atoms. The number of aromatic nitrogens is 2. The topological polar surface area (TPSA) is 61.0 Å². The largest absolute Gasteiger partial charge is 0.383 e. The summed E-state index contributed by atoms with van der Waals surface area (Å²) in [4.78, 5) is 9.22. The fraction of sp³-hybridized carbons (Fsp3) is 0.714. The molecule has 0 aromatic carbocycles. The van der Waals surface area contributed by atoms with Gasteiger partial charge in [0.15, 0.2) is 5.82 Å². The number of halogens is 1. The minimum Gasteiger partial charge on any atom is -0.383 e. The van der Waals surface area contributed by atoms with E-state index in [9.17, 15) is 0 Å². The quantitative estimate of drug-likeness (QED) is 0.766. The van der Waals surface area contributed by atoms with Crippen molar-refractivity contribution in [3.8, 4) is 0 Å². The van der Waals surface area contributed by atoms with Crippen molar-refractivity contribution in [1.82, 2.24) is 9.97 Å². The van der Waals surface area contributed by atoms with Crippen molar-refractivity contribution in [3.05, 3.63) is 15.1 Å². The second kappa shape index (κ2) is 6.83. The van der Waals surface area contributed by atoms with Crippen LogP contribution in [0, 0.1) is 3.57 Å². The predicted octanol–water partition coefficient (Wildman–Crippen LogP) is 3.84. The van der Waals surface area contributed by atoms with E-state index in [1.807, 2.05) is 6.92 Å². The average Bonchev–Trinajstić information content (AvgIpc) is 2.38. The highest BCUT2D eigenvalue weighted by Gasteiger charge is 2.33. The van der Waals surface area contributed by atoms with Crippen molar-refractivity contribution in [3.63, 3.8) is 0 Å². The Morgan fingerprint density at radius 3 is 2.21 bits per heavy atom. The van der Waals surface area contributed by atoms with Gasteiger partial charge in [0.1, 0.15) is 11.4 Å². The van der Waals surface area contributed by atoms with E-state index in [2.05, 4.69) is 55.3 Å². The van der Waals surface area contributed by atoms with E-state index in [1.165, 1.54) is 0 Å². The monoisotopic (exact) mass is 377 g/mol. The van der Waals surface area contributed by atoms with Crippen LogP contribution in [0.4, 0.5) is 5.82 Å². The van der Waals surface area contributed by atoms with Gasteiger partial charge in [-0.05, 0) is 48.3 Å². The SMILES string of the molecule is CCOC(CC)(CC)c1nc(N)c(I)c(C(C)C)n1. The van der Waals surface area contributed by atoms with Gasteiger partial charge in [-0.1, -0.05) is 27.7 Å². The maximum Gasteiger partial charge on any atom is 0.162 e. The zero-order valence-corrected chi connectivity index (χ0v) is 14.6. The number of nitrogens with zero attached hydrogens (tertiary/aromatic N) is 2. The third kappa shape index (κ3) is 3.37. The van der Waals surface area contributed by atoms with Gasteiger partial charge in [0.2, 0.25) is 0 Å². The van der Waals surface area contributed by atoms with E-state index in [1.54, 1.807) is 0 Å². The van der Waals surface area contributed by atoms with E-state index in [0.29, 0.717) is 18.3 Å². The first-order valence-electron chi connectivity index (χ1n) is 6.89. The molecule has 19 heavy (non-hydrogen) atoms. The molecule has 0 unspecified atom stereocenters.